The van der Waals surface area contributed by atoms with E-state index < -0.39 is 197 Å². The Morgan fingerprint density at radius 3 is 1.56 bits per heavy atom. The van der Waals surface area contributed by atoms with Gasteiger partial charge in [-0.15, -0.1) is 0 Å². The summed E-state index contributed by atoms with van der Waals surface area (Å²) in [6.45, 7) is -2.10. The average Bonchev–Trinajstić information content (AvgIpc) is 3.59. The Hall–Kier alpha value is -2.50. The van der Waals surface area contributed by atoms with Crippen molar-refractivity contribution < 1.29 is 134 Å². The fraction of sp³-hybridized carbons (Fsp3) is 0.885. The van der Waals surface area contributed by atoms with Crippen LogP contribution >= 0.6 is 0 Å². The molecule has 0 aromatic rings. The first-order chi connectivity index (χ1) is 37.6. The van der Waals surface area contributed by atoms with E-state index in [2.05, 4.69) is 0 Å². The third-order valence-electron chi connectivity index (χ3n) is 17.3. The molecule has 0 radical (unpaired) electrons. The number of carbonyl (C=O) groups is 2. The molecule has 16 N–H and O–H groups in total. The number of hydrogen-bond donors (Lipinski definition) is 15. The first-order valence-electron chi connectivity index (χ1n) is 27.6. The van der Waals surface area contributed by atoms with Gasteiger partial charge in [-0.1, -0.05) is 12.2 Å². The zero-order chi connectivity index (χ0) is 57.0. The lowest BCUT2D eigenvalue weighted by molar-refractivity contribution is -0.390. The molecule has 8 aliphatic rings. The number of allylic oxidation sites excluding steroid dienone is 2. The van der Waals surface area contributed by atoms with Crippen LogP contribution in [0.5, 0.6) is 0 Å². The van der Waals surface area contributed by atoms with Crippen LogP contribution in [0.1, 0.15) is 77.0 Å². The smallest absolute Gasteiger partial charge is 0.330 e. The minimum atomic E-state index is -2.05. The number of fused-ring (bicyclic) bond motifs is 1. The Morgan fingerprint density at radius 2 is 1.00 bits per heavy atom. The Balaban J connectivity index is 1.05. The third kappa shape index (κ3) is 15.1. The molecule has 8 rings (SSSR count). The van der Waals surface area contributed by atoms with Gasteiger partial charge in [-0.25, -0.2) is 9.59 Å². The van der Waals surface area contributed by atoms with Crippen LogP contribution in [0.3, 0.4) is 0 Å². The van der Waals surface area contributed by atoms with Gasteiger partial charge in [-0.3, -0.25) is 0 Å². The SMILES string of the molecule is COC1CC(C2[OH+]C3CC(O)CC(O[C@@H]4O[C@H](CO)[C@@H](O)[C@H](O)[C@H]4O)C3CC2O[C@@H]2O[C@H](COC(=O)C=CC3CCC(O)C(O)C3)[C@@H](O)[C@H](O)[C@H]2O[C@@H]2O[C@H](COC(=O)C=CC3CCC(O)C(O)C3)[C@@H](O)[C@H](O)[C@H]2O)CCC1O. The van der Waals surface area contributed by atoms with Gasteiger partial charge >= 0.3 is 11.9 Å². The predicted molar refractivity (Wildman–Crippen MR) is 262 cm³/mol. The van der Waals surface area contributed by atoms with Crippen molar-refractivity contribution in [2.75, 3.05) is 26.9 Å². The van der Waals surface area contributed by atoms with Crippen molar-refractivity contribution in [2.24, 2.45) is 23.7 Å². The van der Waals surface area contributed by atoms with Crippen LogP contribution in [0.2, 0.25) is 0 Å². The summed E-state index contributed by atoms with van der Waals surface area (Å²) in [5.74, 6) is -3.28. The molecule has 27 nitrogen and oxygen atoms in total. The standard InChI is InChI=1S/C52H82O27/c1-70-33-14-23(6-9-28(33)57)48-34(17-25-31(73-48)15-24(54)16-32(25)74-50-46(68)43(65)40(62)35(18-53)76-50)75-52-49(45(67)42(64)37(78-52)20-72-39(61)11-5-22-3-8-27(56)30(59)13-22)79-51-47(69)44(66)41(63)36(77-51)19-71-38(60)10-4-21-2-7-26(55)29(58)12-21/h4-5,10-11,21-37,40-59,62-69H,2-3,6-9,12-20H2,1H3/p+1/t21?,22?,23?,24?,25?,26?,27?,28?,29?,30?,31?,32?,33?,34?,35-,36-,37-,40-,41-,42-,43+,44+,45+,46-,47-,48?,49-,50-,51+,52-/m1/s1. The van der Waals surface area contributed by atoms with Gasteiger partial charge in [0.15, 0.2) is 31.1 Å². The van der Waals surface area contributed by atoms with Crippen LogP contribution in [0.4, 0.5) is 0 Å². The fourth-order valence-electron chi connectivity index (χ4n) is 12.5. The molecule has 4 aliphatic heterocycles. The largest absolute Gasteiger partial charge is 0.460 e. The second-order valence-corrected chi connectivity index (χ2v) is 22.7. The molecule has 27 heteroatoms. The highest BCUT2D eigenvalue weighted by Gasteiger charge is 2.58. The molecule has 30 atom stereocenters. The van der Waals surface area contributed by atoms with Crippen molar-refractivity contribution in [1.29, 1.82) is 0 Å². The lowest BCUT2D eigenvalue weighted by Gasteiger charge is -2.51. The summed E-state index contributed by atoms with van der Waals surface area (Å²) in [5, 5.41) is 161. The zero-order valence-electron chi connectivity index (χ0n) is 43.9. The monoisotopic (exact) mass is 1140 g/mol. The van der Waals surface area contributed by atoms with Crippen molar-refractivity contribution >= 4 is 11.9 Å². The van der Waals surface area contributed by atoms with Gasteiger partial charge in [0.1, 0.15) is 92.6 Å². The predicted octanol–water partition coefficient (Wildman–Crippen LogP) is -5.95. The van der Waals surface area contributed by atoms with Crippen molar-refractivity contribution in [2.45, 2.75) is 236 Å². The summed E-state index contributed by atoms with van der Waals surface area (Å²) in [5.41, 5.74) is 0. The average molecular weight is 1140 g/mol. The Labute approximate surface area is 455 Å². The second-order valence-electron chi connectivity index (χ2n) is 22.7. The summed E-state index contributed by atoms with van der Waals surface area (Å²) in [7, 11) is 1.46. The van der Waals surface area contributed by atoms with E-state index in [1.165, 1.54) is 19.3 Å². The maximum atomic E-state index is 13.1. The van der Waals surface area contributed by atoms with Crippen LogP contribution in [0.15, 0.2) is 24.3 Å². The van der Waals surface area contributed by atoms with Gasteiger partial charge in [0, 0.05) is 38.0 Å². The molecule has 0 bridgehead atoms. The molecule has 452 valence electrons. The molecular formula is C52H83O27+. The maximum Gasteiger partial charge on any atom is 0.330 e. The highest BCUT2D eigenvalue weighted by molar-refractivity contribution is 5.82. The maximum absolute atomic E-state index is 13.1. The van der Waals surface area contributed by atoms with Gasteiger partial charge in [0.2, 0.25) is 0 Å². The number of ether oxygens (including phenoxy) is 10. The quantitative estimate of drug-likeness (QED) is 0.0366. The van der Waals surface area contributed by atoms with Gasteiger partial charge in [-0.05, 0) is 76.0 Å². The summed E-state index contributed by atoms with van der Waals surface area (Å²) < 4.78 is 59.0. The lowest BCUT2D eigenvalue weighted by Crippen LogP contribution is -2.66. The van der Waals surface area contributed by atoms with Crippen molar-refractivity contribution in [1.82, 2.24) is 0 Å². The lowest BCUT2D eigenvalue weighted by atomic mass is 9.72. The molecule has 4 saturated heterocycles. The molecule has 8 fully saturated rings. The number of aliphatic hydroxyl groups excluding tert-OH is 15. The first-order valence-corrected chi connectivity index (χ1v) is 27.6. The van der Waals surface area contributed by atoms with Gasteiger partial charge < -0.3 is 124 Å². The number of esters is 2. The van der Waals surface area contributed by atoms with Crippen LogP contribution in [0, 0.1) is 23.7 Å². The van der Waals surface area contributed by atoms with E-state index in [1.807, 2.05) is 0 Å². The highest BCUT2D eigenvalue weighted by Crippen LogP contribution is 2.45. The van der Waals surface area contributed by atoms with Crippen LogP contribution < -0.4 is 0 Å². The minimum absolute atomic E-state index is 0.0281. The minimum Gasteiger partial charge on any atom is -0.460 e. The molecule has 0 amide bonds. The highest BCUT2D eigenvalue weighted by atomic mass is 16.8. The summed E-state index contributed by atoms with van der Waals surface area (Å²) in [6, 6.07) is 0. The van der Waals surface area contributed by atoms with E-state index in [9.17, 15) is 86.2 Å². The van der Waals surface area contributed by atoms with Crippen LogP contribution in [0.25, 0.3) is 0 Å². The first kappa shape index (κ1) is 62.5. The van der Waals surface area contributed by atoms with Crippen molar-refractivity contribution in [3.63, 3.8) is 0 Å². The topological polar surface area (TPSA) is 433 Å². The summed E-state index contributed by atoms with van der Waals surface area (Å²) in [4.78, 5) is 25.9. The van der Waals surface area contributed by atoms with Crippen molar-refractivity contribution in [3.05, 3.63) is 24.3 Å². The summed E-state index contributed by atoms with van der Waals surface area (Å²) >= 11 is 0. The van der Waals surface area contributed by atoms with Crippen molar-refractivity contribution in [3.8, 4) is 0 Å². The number of rotatable bonds is 17. The van der Waals surface area contributed by atoms with Gasteiger partial charge in [-0.2, -0.15) is 0 Å². The van der Waals surface area contributed by atoms with E-state index in [4.69, 9.17) is 47.4 Å². The molecule has 4 aliphatic carbocycles. The molecule has 4 saturated carbocycles. The van der Waals surface area contributed by atoms with Gasteiger partial charge in [0.05, 0.1) is 61.4 Å². The normalized spacial score (nSPS) is 49.1. The number of carbonyl (C=O) groups excluding carboxylic acids is 2. The molecule has 0 spiro atoms. The van der Waals surface area contributed by atoms with Gasteiger partial charge in [0.25, 0.3) is 0 Å². The van der Waals surface area contributed by atoms with Crippen LogP contribution in [-0.4, -0.2) is 279 Å². The number of hydrogen-bond acceptors (Lipinski definition) is 26. The third-order valence-corrected chi connectivity index (χ3v) is 17.3. The molecule has 0 aromatic carbocycles. The van der Waals surface area contributed by atoms with E-state index in [0.717, 1.165) is 12.2 Å². The van der Waals surface area contributed by atoms with E-state index in [0.29, 0.717) is 38.5 Å². The fourth-order valence-corrected chi connectivity index (χ4v) is 12.5. The zero-order valence-corrected chi connectivity index (χ0v) is 43.9. The van der Waals surface area contributed by atoms with E-state index in [-0.39, 0.29) is 56.3 Å². The Kier molecular flexibility index (Phi) is 22.1. The number of aliphatic hydroxyl groups is 17. The Morgan fingerprint density at radius 1 is 0.494 bits per heavy atom. The second kappa shape index (κ2) is 27.9. The molecular weight excluding hydrogens is 1060 g/mol. The molecule has 15 unspecified atom stereocenters. The van der Waals surface area contributed by atoms with E-state index >= 15 is 0 Å². The number of methoxy groups -OCH3 is 1. The summed E-state index contributed by atoms with van der Waals surface area (Å²) in [6.07, 6.45) is -27.8. The Bertz CT molecular complexity index is 2000. The molecule has 0 aromatic heterocycles. The van der Waals surface area contributed by atoms with E-state index in [1.54, 1.807) is 0 Å². The molecule has 4 heterocycles. The van der Waals surface area contributed by atoms with Crippen LogP contribution in [-0.2, 0) is 52.2 Å². The molecule has 79 heavy (non-hydrogen) atoms.